The molecule has 1 aromatic carbocycles. The SMILES string of the molecule is CCC(C)[C@H](NC(=O)[C@@H]1Cc2ccc(O)c(c2)CC=CCCNCCCC[C@H](N)C(=O)N[C@@H](CCCCN)C(=O)N2CCC[C@H]2C(=O)N1)C(=O)C[C@@H](CC(C)C)C(=O)O. The molecule has 15 heteroatoms. The number of nitrogens with zero attached hydrogens (tertiary/aromatic N) is 1. The third-order valence-corrected chi connectivity index (χ3v) is 11.5. The Morgan fingerprint density at radius 2 is 1.75 bits per heavy atom. The lowest BCUT2D eigenvalue weighted by Gasteiger charge is -2.31. The smallest absolute Gasteiger partial charge is 0.306 e. The van der Waals surface area contributed by atoms with Gasteiger partial charge in [0.25, 0.3) is 0 Å². The number of Topliss-reactive ketones (excluding diaryl/α,β-unsaturated/α-hetero) is 1. The number of carboxylic acid groups (broad SMARTS) is 1. The van der Waals surface area contributed by atoms with Gasteiger partial charge in [0.15, 0.2) is 5.78 Å². The number of hydrogen-bond donors (Lipinski definition) is 8. The Bertz CT molecular complexity index is 1590. The molecule has 0 radical (unpaired) electrons. The maximum atomic E-state index is 14.4. The summed E-state index contributed by atoms with van der Waals surface area (Å²) in [5.74, 6) is -4.63. The molecule has 1 saturated heterocycles. The van der Waals surface area contributed by atoms with E-state index < -0.39 is 71.5 Å². The van der Waals surface area contributed by atoms with E-state index in [1.807, 2.05) is 39.8 Å². The molecule has 330 valence electrons. The van der Waals surface area contributed by atoms with E-state index in [9.17, 15) is 39.0 Å². The minimum absolute atomic E-state index is 0.00132. The van der Waals surface area contributed by atoms with Crippen molar-refractivity contribution in [3.05, 3.63) is 41.5 Å². The van der Waals surface area contributed by atoms with Crippen molar-refractivity contribution in [1.82, 2.24) is 26.2 Å². The molecule has 7 atom stereocenters. The largest absolute Gasteiger partial charge is 0.508 e. The molecular weight excluding hydrogens is 755 g/mol. The molecule has 0 spiro atoms. The monoisotopic (exact) mass is 826 g/mol. The van der Waals surface area contributed by atoms with Crippen molar-refractivity contribution in [2.24, 2.45) is 29.2 Å². The summed E-state index contributed by atoms with van der Waals surface area (Å²) in [6, 6.07) is 0.139. The van der Waals surface area contributed by atoms with Gasteiger partial charge in [-0.05, 0) is 113 Å². The van der Waals surface area contributed by atoms with Gasteiger partial charge < -0.3 is 47.8 Å². The van der Waals surface area contributed by atoms with Gasteiger partial charge >= 0.3 is 5.97 Å². The van der Waals surface area contributed by atoms with Gasteiger partial charge in [-0.25, -0.2) is 0 Å². The summed E-state index contributed by atoms with van der Waals surface area (Å²) >= 11 is 0. The van der Waals surface area contributed by atoms with Gasteiger partial charge in [0.2, 0.25) is 23.6 Å². The number of phenolic OH excluding ortho intramolecular Hbond substituents is 1. The van der Waals surface area contributed by atoms with E-state index in [1.165, 1.54) is 4.90 Å². The summed E-state index contributed by atoms with van der Waals surface area (Å²) in [4.78, 5) is 83.4. The average Bonchev–Trinajstić information content (AvgIpc) is 3.70. The molecule has 0 saturated carbocycles. The Morgan fingerprint density at radius 3 is 2.44 bits per heavy atom. The van der Waals surface area contributed by atoms with Gasteiger partial charge in [-0.2, -0.15) is 0 Å². The van der Waals surface area contributed by atoms with E-state index in [0.29, 0.717) is 75.5 Å². The third kappa shape index (κ3) is 16.0. The van der Waals surface area contributed by atoms with Crippen LogP contribution in [0.5, 0.6) is 5.75 Å². The molecule has 2 heterocycles. The second-order valence-corrected chi connectivity index (χ2v) is 16.8. The van der Waals surface area contributed by atoms with Crippen LogP contribution in [0.25, 0.3) is 0 Å². The first-order valence-corrected chi connectivity index (χ1v) is 21.8. The molecule has 1 fully saturated rings. The van der Waals surface area contributed by atoms with Crippen LogP contribution in [0, 0.1) is 17.8 Å². The van der Waals surface area contributed by atoms with Crippen LogP contribution in [0.3, 0.4) is 0 Å². The van der Waals surface area contributed by atoms with Crippen LogP contribution in [0.4, 0.5) is 0 Å². The fraction of sp³-hybridized carbons (Fsp3) is 0.682. The molecule has 0 aliphatic carbocycles. The lowest BCUT2D eigenvalue weighted by Crippen LogP contribution is -2.59. The summed E-state index contributed by atoms with van der Waals surface area (Å²) in [6.45, 7) is 9.65. The van der Waals surface area contributed by atoms with Gasteiger partial charge in [0, 0.05) is 19.4 Å². The number of benzene rings is 1. The average molecular weight is 826 g/mol. The second-order valence-electron chi connectivity index (χ2n) is 16.8. The number of carboxylic acids is 1. The number of allylic oxidation sites excluding steroid dienone is 1. The molecule has 10 N–H and O–H groups in total. The van der Waals surface area contributed by atoms with E-state index in [0.717, 1.165) is 32.4 Å². The highest BCUT2D eigenvalue weighted by atomic mass is 16.4. The lowest BCUT2D eigenvalue weighted by atomic mass is 9.86. The lowest BCUT2D eigenvalue weighted by molar-refractivity contribution is -0.145. The first kappa shape index (κ1) is 49.0. The number of nitrogens with one attached hydrogen (secondary N) is 4. The number of phenols is 1. The predicted molar refractivity (Wildman–Crippen MR) is 227 cm³/mol. The molecular formula is C44H71N7O8. The molecule has 1 aromatic rings. The predicted octanol–water partition coefficient (Wildman–Crippen LogP) is 2.85. The van der Waals surface area contributed by atoms with Crippen molar-refractivity contribution < 1.29 is 39.0 Å². The van der Waals surface area contributed by atoms with Gasteiger partial charge in [-0.1, -0.05) is 64.8 Å². The standard InChI is InChI=1S/C44H71N7O8/c1-5-29(4)39(38(53)27-32(44(58)59)24-28(2)3)50-41(55)35-26-30-18-19-37(52)31(25-30)14-7-6-11-21-47-22-12-9-15-33(46)40(54)48-34(16-8-10-20-45)43(57)51-23-13-17-36(51)42(56)49-35/h6-7,18-19,25,28-29,32-36,39,47,52H,5,8-17,20-24,26-27,45-46H2,1-4H3,(H,48,54)(H,49,56)(H,50,55)(H,58,59)/t29?,32-,33+,34+,35+,36+,39+/m1/s1. The van der Waals surface area contributed by atoms with Gasteiger partial charge in [0.05, 0.1) is 18.0 Å². The fourth-order valence-corrected chi connectivity index (χ4v) is 7.80. The van der Waals surface area contributed by atoms with Gasteiger partial charge in [0.1, 0.15) is 23.9 Å². The normalized spacial score (nSPS) is 23.3. The Kier molecular flexibility index (Phi) is 21.0. The number of rotatable bonds is 14. The highest BCUT2D eigenvalue weighted by Crippen LogP contribution is 2.24. The summed E-state index contributed by atoms with van der Waals surface area (Å²) in [7, 11) is 0. The van der Waals surface area contributed by atoms with Crippen molar-refractivity contribution in [1.29, 1.82) is 0 Å². The molecule has 4 amide bonds. The number of ketones is 1. The van der Waals surface area contributed by atoms with Crippen molar-refractivity contribution in [2.45, 2.75) is 148 Å². The molecule has 0 aromatic heterocycles. The Balaban J connectivity index is 2.00. The molecule has 3 rings (SSSR count). The number of carbonyl (C=O) groups excluding carboxylic acids is 5. The van der Waals surface area contributed by atoms with Crippen molar-refractivity contribution >= 4 is 35.4 Å². The fourth-order valence-electron chi connectivity index (χ4n) is 7.80. The van der Waals surface area contributed by atoms with Crippen LogP contribution in [0.2, 0.25) is 0 Å². The van der Waals surface area contributed by atoms with Crippen molar-refractivity contribution in [3.8, 4) is 5.75 Å². The minimum Gasteiger partial charge on any atom is -0.508 e. The summed E-state index contributed by atoms with van der Waals surface area (Å²) in [6.07, 6.45) is 10.1. The van der Waals surface area contributed by atoms with Crippen LogP contribution >= 0.6 is 0 Å². The molecule has 2 aliphatic rings. The van der Waals surface area contributed by atoms with E-state index >= 15 is 0 Å². The first-order chi connectivity index (χ1) is 28.2. The van der Waals surface area contributed by atoms with Crippen LogP contribution in [-0.2, 0) is 41.6 Å². The summed E-state index contributed by atoms with van der Waals surface area (Å²) < 4.78 is 0. The van der Waals surface area contributed by atoms with Crippen LogP contribution < -0.4 is 32.7 Å². The van der Waals surface area contributed by atoms with Crippen LogP contribution in [0.15, 0.2) is 30.4 Å². The Labute approximate surface area is 350 Å². The third-order valence-electron chi connectivity index (χ3n) is 11.5. The number of fused-ring (bicyclic) bond motifs is 3. The highest BCUT2D eigenvalue weighted by molar-refractivity contribution is 5.97. The molecule has 2 aliphatic heterocycles. The van der Waals surface area contributed by atoms with E-state index in [2.05, 4.69) is 21.3 Å². The Morgan fingerprint density at radius 1 is 0.983 bits per heavy atom. The number of aromatic hydroxyl groups is 1. The number of amides is 4. The molecule has 1 unspecified atom stereocenters. The van der Waals surface area contributed by atoms with Crippen molar-refractivity contribution in [2.75, 3.05) is 26.2 Å². The van der Waals surface area contributed by atoms with Gasteiger partial charge in [-0.3, -0.25) is 28.8 Å². The zero-order valence-corrected chi connectivity index (χ0v) is 35.7. The van der Waals surface area contributed by atoms with Crippen LogP contribution in [0.1, 0.15) is 116 Å². The van der Waals surface area contributed by atoms with Crippen LogP contribution in [-0.4, -0.2) is 107 Å². The maximum absolute atomic E-state index is 14.4. The number of unbranched alkanes of at least 4 members (excludes halogenated alkanes) is 1. The highest BCUT2D eigenvalue weighted by Gasteiger charge is 2.40. The topological polar surface area (TPSA) is 246 Å². The zero-order chi connectivity index (χ0) is 43.5. The number of carbonyl (C=O) groups is 6. The summed E-state index contributed by atoms with van der Waals surface area (Å²) in [5, 5.41) is 32.6. The maximum Gasteiger partial charge on any atom is 0.306 e. The van der Waals surface area contributed by atoms with Gasteiger partial charge in [-0.15, -0.1) is 0 Å². The number of aliphatic carboxylic acids is 1. The first-order valence-electron chi connectivity index (χ1n) is 21.8. The van der Waals surface area contributed by atoms with E-state index in [4.69, 9.17) is 11.5 Å². The molecule has 2 bridgehead atoms. The Hall–Kier alpha value is -4.34. The zero-order valence-electron chi connectivity index (χ0n) is 35.7. The molecule has 59 heavy (non-hydrogen) atoms. The minimum atomic E-state index is -1.20. The molecule has 15 nitrogen and oxygen atoms in total. The van der Waals surface area contributed by atoms with E-state index in [1.54, 1.807) is 18.2 Å². The second kappa shape index (κ2) is 25.3. The van der Waals surface area contributed by atoms with Crippen molar-refractivity contribution in [3.63, 3.8) is 0 Å². The number of nitrogens with two attached hydrogens (primary N) is 2. The summed E-state index contributed by atoms with van der Waals surface area (Å²) in [5.41, 5.74) is 13.3. The quantitative estimate of drug-likeness (QED) is 0.100. The van der Waals surface area contributed by atoms with E-state index in [-0.39, 0.29) is 37.0 Å². The number of hydrogen-bond acceptors (Lipinski definition) is 10.